The Balaban J connectivity index is 1.73. The van der Waals surface area contributed by atoms with E-state index >= 15 is 0 Å². The Morgan fingerprint density at radius 1 is 1.21 bits per heavy atom. The molecule has 0 saturated carbocycles. The monoisotopic (exact) mass is 406 g/mol. The topological polar surface area (TPSA) is 60.2 Å². The van der Waals surface area contributed by atoms with E-state index in [1.54, 1.807) is 18.2 Å². The van der Waals surface area contributed by atoms with Crippen LogP contribution in [0, 0.1) is 13.8 Å². The van der Waals surface area contributed by atoms with Crippen LogP contribution in [0.5, 0.6) is 5.75 Å². The van der Waals surface area contributed by atoms with Crippen molar-refractivity contribution in [2.24, 2.45) is 0 Å². The number of carbonyl (C=O) groups is 1. The van der Waals surface area contributed by atoms with Gasteiger partial charge in [0.1, 0.15) is 5.75 Å². The number of aryl methyl sites for hydroxylation is 2. The van der Waals surface area contributed by atoms with Crippen LogP contribution in [0.3, 0.4) is 0 Å². The molecule has 0 radical (unpaired) electrons. The molecule has 0 unspecified atom stereocenters. The van der Waals surface area contributed by atoms with E-state index in [0.717, 1.165) is 27.1 Å². The summed E-state index contributed by atoms with van der Waals surface area (Å²) in [6.07, 6.45) is 3.63. The van der Waals surface area contributed by atoms with Crippen LogP contribution in [-0.2, 0) is 6.54 Å². The lowest BCUT2D eigenvalue weighted by Gasteiger charge is -2.21. The van der Waals surface area contributed by atoms with Crippen LogP contribution in [0.25, 0.3) is 10.2 Å². The van der Waals surface area contributed by atoms with Crippen molar-refractivity contribution in [2.45, 2.75) is 20.4 Å². The summed E-state index contributed by atoms with van der Waals surface area (Å²) in [6, 6.07) is 13.6. The molecule has 2 aromatic carbocycles. The third-order valence-corrected chi connectivity index (χ3v) is 5.84. The van der Waals surface area contributed by atoms with E-state index in [1.807, 2.05) is 67.2 Å². The Morgan fingerprint density at radius 3 is 2.83 bits per heavy atom. The first-order valence-electron chi connectivity index (χ1n) is 9.36. The predicted octanol–water partition coefficient (Wildman–Crippen LogP) is 4.47. The number of ether oxygens (including phenoxy) is 1. The summed E-state index contributed by atoms with van der Waals surface area (Å²) in [4.78, 5) is 20.0. The van der Waals surface area contributed by atoms with Crippen molar-refractivity contribution in [3.63, 3.8) is 0 Å². The van der Waals surface area contributed by atoms with Crippen molar-refractivity contribution in [2.75, 3.05) is 18.6 Å². The summed E-state index contributed by atoms with van der Waals surface area (Å²) in [5, 5.41) is 4.93. The second kappa shape index (κ2) is 8.05. The molecule has 2 aromatic heterocycles. The van der Waals surface area contributed by atoms with Crippen molar-refractivity contribution in [3.05, 3.63) is 71.5 Å². The van der Waals surface area contributed by atoms with Crippen LogP contribution in [0.1, 0.15) is 21.5 Å². The number of amides is 1. The van der Waals surface area contributed by atoms with Gasteiger partial charge in [0, 0.05) is 24.5 Å². The molecule has 0 aliphatic rings. The molecule has 0 aliphatic carbocycles. The van der Waals surface area contributed by atoms with Crippen molar-refractivity contribution in [3.8, 4) is 5.75 Å². The van der Waals surface area contributed by atoms with Gasteiger partial charge < -0.3 is 4.74 Å². The van der Waals surface area contributed by atoms with Gasteiger partial charge in [0.05, 0.1) is 23.9 Å². The fourth-order valence-corrected chi connectivity index (χ4v) is 4.18. The van der Waals surface area contributed by atoms with Crippen LogP contribution < -0.4 is 9.64 Å². The van der Waals surface area contributed by atoms with E-state index in [0.29, 0.717) is 23.8 Å². The Kier molecular flexibility index (Phi) is 5.31. The lowest BCUT2D eigenvalue weighted by atomic mass is 10.0. The first-order valence-corrected chi connectivity index (χ1v) is 10.2. The molecule has 7 heteroatoms. The lowest BCUT2D eigenvalue weighted by Crippen LogP contribution is -2.34. The number of nitrogens with zero attached hydrogens (tertiary/aromatic N) is 4. The first kappa shape index (κ1) is 19.1. The van der Waals surface area contributed by atoms with Crippen molar-refractivity contribution >= 4 is 32.6 Å². The molecule has 6 nitrogen and oxygen atoms in total. The molecule has 0 bridgehead atoms. The summed E-state index contributed by atoms with van der Waals surface area (Å²) in [5.74, 6) is 0.723. The minimum absolute atomic E-state index is 0.0515. The molecule has 0 saturated heterocycles. The molecule has 29 heavy (non-hydrogen) atoms. The number of methoxy groups -OCH3 is 1. The second-order valence-corrected chi connectivity index (χ2v) is 7.88. The highest BCUT2D eigenvalue weighted by molar-refractivity contribution is 7.22. The van der Waals surface area contributed by atoms with Crippen molar-refractivity contribution in [1.82, 2.24) is 14.8 Å². The number of benzene rings is 2. The average Bonchev–Trinajstić information content (AvgIpc) is 3.38. The molecule has 148 valence electrons. The Bertz CT molecular complexity index is 1150. The largest absolute Gasteiger partial charge is 0.497 e. The van der Waals surface area contributed by atoms with E-state index < -0.39 is 0 Å². The van der Waals surface area contributed by atoms with Gasteiger partial charge in [-0.05, 0) is 49.7 Å². The van der Waals surface area contributed by atoms with E-state index in [4.69, 9.17) is 9.72 Å². The van der Waals surface area contributed by atoms with Gasteiger partial charge in [-0.1, -0.05) is 29.0 Å². The highest BCUT2D eigenvalue weighted by Gasteiger charge is 2.23. The number of carbonyl (C=O) groups excluding carboxylic acids is 1. The maximum atomic E-state index is 13.5. The fraction of sp³-hybridized carbons (Fsp3) is 0.227. The third kappa shape index (κ3) is 4.00. The van der Waals surface area contributed by atoms with Crippen LogP contribution >= 0.6 is 11.3 Å². The smallest absolute Gasteiger partial charge is 0.260 e. The number of fused-ring (bicyclic) bond motifs is 1. The highest BCUT2D eigenvalue weighted by Crippen LogP contribution is 2.32. The molecule has 4 aromatic rings. The predicted molar refractivity (Wildman–Crippen MR) is 116 cm³/mol. The summed E-state index contributed by atoms with van der Waals surface area (Å²) in [7, 11) is 1.64. The van der Waals surface area contributed by atoms with Crippen LogP contribution in [0.2, 0.25) is 0 Å². The third-order valence-electron chi connectivity index (χ3n) is 4.80. The van der Waals surface area contributed by atoms with Gasteiger partial charge in [0.15, 0.2) is 5.13 Å². The van der Waals surface area contributed by atoms with Gasteiger partial charge >= 0.3 is 0 Å². The van der Waals surface area contributed by atoms with Gasteiger partial charge in [0.25, 0.3) is 5.91 Å². The van der Waals surface area contributed by atoms with Gasteiger partial charge in [-0.15, -0.1) is 0 Å². The van der Waals surface area contributed by atoms with Crippen molar-refractivity contribution < 1.29 is 9.53 Å². The second-order valence-electron chi connectivity index (χ2n) is 6.87. The molecule has 1 amide bonds. The van der Waals surface area contributed by atoms with Crippen LogP contribution in [0.15, 0.2) is 54.9 Å². The van der Waals surface area contributed by atoms with Crippen LogP contribution in [-0.4, -0.2) is 34.3 Å². The number of anilines is 1. The fourth-order valence-electron chi connectivity index (χ4n) is 3.17. The van der Waals surface area contributed by atoms with Crippen LogP contribution in [0.4, 0.5) is 5.13 Å². The average molecular weight is 407 g/mol. The molecule has 4 rings (SSSR count). The summed E-state index contributed by atoms with van der Waals surface area (Å²) in [6.45, 7) is 5.02. The maximum Gasteiger partial charge on any atom is 0.260 e. The molecule has 0 atom stereocenters. The molecule has 0 aliphatic heterocycles. The first-order chi connectivity index (χ1) is 14.0. The SMILES string of the molecule is COc1ccc2nc(N(CCn3cccn3)C(=O)c3cc(C)ccc3C)sc2c1. The molecule has 2 heterocycles. The number of hydrogen-bond acceptors (Lipinski definition) is 5. The zero-order valence-corrected chi connectivity index (χ0v) is 17.4. The zero-order valence-electron chi connectivity index (χ0n) is 16.6. The standard InChI is InChI=1S/C22H22N4O2S/c1-15-5-6-16(2)18(13-15)21(27)26(12-11-25-10-4-9-23-25)22-24-19-8-7-17(28-3)14-20(19)29-22/h4-10,13-14H,11-12H2,1-3H3. The summed E-state index contributed by atoms with van der Waals surface area (Å²) < 4.78 is 8.12. The number of rotatable bonds is 6. The molecule has 0 fully saturated rings. The van der Waals surface area contributed by atoms with E-state index in [9.17, 15) is 4.79 Å². The van der Waals surface area contributed by atoms with Gasteiger partial charge in [-0.3, -0.25) is 14.4 Å². The molecule has 0 N–H and O–H groups in total. The summed E-state index contributed by atoms with van der Waals surface area (Å²) in [5.41, 5.74) is 3.55. The summed E-state index contributed by atoms with van der Waals surface area (Å²) >= 11 is 1.49. The minimum atomic E-state index is -0.0515. The minimum Gasteiger partial charge on any atom is -0.497 e. The van der Waals surface area contributed by atoms with Gasteiger partial charge in [-0.25, -0.2) is 4.98 Å². The Morgan fingerprint density at radius 2 is 2.07 bits per heavy atom. The van der Waals surface area contributed by atoms with E-state index in [-0.39, 0.29) is 5.91 Å². The van der Waals surface area contributed by atoms with Gasteiger partial charge in [0.2, 0.25) is 0 Å². The Hall–Kier alpha value is -3.19. The molecular weight excluding hydrogens is 384 g/mol. The highest BCUT2D eigenvalue weighted by atomic mass is 32.1. The maximum absolute atomic E-state index is 13.5. The normalized spacial score (nSPS) is 11.0. The van der Waals surface area contributed by atoms with Gasteiger partial charge in [-0.2, -0.15) is 5.10 Å². The quantitative estimate of drug-likeness (QED) is 0.474. The van der Waals surface area contributed by atoms with Crippen molar-refractivity contribution in [1.29, 1.82) is 0 Å². The molecule has 0 spiro atoms. The lowest BCUT2D eigenvalue weighted by molar-refractivity contribution is 0.0985. The number of hydrogen-bond donors (Lipinski definition) is 0. The molecular formula is C22H22N4O2S. The number of thiazole rings is 1. The Labute approximate surface area is 173 Å². The number of aromatic nitrogens is 3. The van der Waals surface area contributed by atoms with E-state index in [1.165, 1.54) is 11.3 Å². The van der Waals surface area contributed by atoms with E-state index in [2.05, 4.69) is 5.10 Å². The zero-order chi connectivity index (χ0) is 20.4.